The zero-order valence-corrected chi connectivity index (χ0v) is 12.7. The van der Waals surface area contributed by atoms with E-state index in [1.165, 1.54) is 12.1 Å². The highest BCUT2D eigenvalue weighted by molar-refractivity contribution is 5.36. The van der Waals surface area contributed by atoms with Crippen LogP contribution in [0.25, 0.3) is 0 Å². The van der Waals surface area contributed by atoms with Crippen molar-refractivity contribution in [3.63, 3.8) is 0 Å². The van der Waals surface area contributed by atoms with Gasteiger partial charge in [-0.25, -0.2) is 4.39 Å². The fraction of sp³-hybridized carbons (Fsp3) is 0.625. The van der Waals surface area contributed by atoms with E-state index in [0.29, 0.717) is 19.0 Å². The first-order chi connectivity index (χ1) is 9.69. The van der Waals surface area contributed by atoms with Crippen molar-refractivity contribution >= 4 is 0 Å². The summed E-state index contributed by atoms with van der Waals surface area (Å²) in [6.45, 7) is 8.87. The van der Waals surface area contributed by atoms with Crippen LogP contribution < -0.4 is 10.1 Å². The molecule has 4 heteroatoms. The molecule has 1 N–H and O–H groups in total. The van der Waals surface area contributed by atoms with Crippen molar-refractivity contribution in [1.82, 2.24) is 5.32 Å². The molecule has 0 fully saturated rings. The molecule has 0 heterocycles. The molecule has 0 saturated heterocycles. The normalized spacial score (nSPS) is 12.4. The van der Waals surface area contributed by atoms with Gasteiger partial charge in [-0.2, -0.15) is 0 Å². The van der Waals surface area contributed by atoms with Crippen LogP contribution in [-0.4, -0.2) is 26.4 Å². The van der Waals surface area contributed by atoms with Crippen molar-refractivity contribution in [1.29, 1.82) is 0 Å². The lowest BCUT2D eigenvalue weighted by Gasteiger charge is -2.18. The Kier molecular flexibility index (Phi) is 8.23. The lowest BCUT2D eigenvalue weighted by molar-refractivity contribution is 0.0999. The minimum Gasteiger partial charge on any atom is -0.491 e. The van der Waals surface area contributed by atoms with Gasteiger partial charge in [0, 0.05) is 24.3 Å². The maximum atomic E-state index is 13.4. The maximum absolute atomic E-state index is 13.4. The quantitative estimate of drug-likeness (QED) is 0.664. The van der Waals surface area contributed by atoms with Gasteiger partial charge in [0.25, 0.3) is 0 Å². The molecule has 3 nitrogen and oxygen atoms in total. The topological polar surface area (TPSA) is 30.5 Å². The van der Waals surface area contributed by atoms with Gasteiger partial charge in [0.15, 0.2) is 0 Å². The fourth-order valence-corrected chi connectivity index (χ4v) is 1.92. The van der Waals surface area contributed by atoms with Crippen molar-refractivity contribution in [3.8, 4) is 5.75 Å². The highest BCUT2D eigenvalue weighted by atomic mass is 19.1. The van der Waals surface area contributed by atoms with Gasteiger partial charge in [0.05, 0.1) is 6.61 Å². The van der Waals surface area contributed by atoms with Crippen LogP contribution >= 0.6 is 0 Å². The molecule has 0 aliphatic heterocycles. The molecule has 1 aromatic carbocycles. The molecule has 1 aromatic rings. The summed E-state index contributed by atoms with van der Waals surface area (Å²) in [5, 5.41) is 3.39. The third-order valence-corrected chi connectivity index (χ3v) is 2.98. The largest absolute Gasteiger partial charge is 0.491 e. The maximum Gasteiger partial charge on any atom is 0.127 e. The molecule has 0 aromatic heterocycles. The second-order valence-corrected chi connectivity index (χ2v) is 4.82. The number of hydrogen-bond acceptors (Lipinski definition) is 3. The second kappa shape index (κ2) is 9.72. The summed E-state index contributed by atoms with van der Waals surface area (Å²) in [6.07, 6.45) is 2.05. The van der Waals surface area contributed by atoms with Gasteiger partial charge in [-0.3, -0.25) is 0 Å². The van der Waals surface area contributed by atoms with Crippen LogP contribution in [0, 0.1) is 5.82 Å². The molecule has 0 aliphatic rings. The van der Waals surface area contributed by atoms with Crippen LogP contribution in [0.3, 0.4) is 0 Å². The van der Waals surface area contributed by atoms with E-state index < -0.39 is 0 Å². The molecular weight excluding hydrogens is 257 g/mol. The molecular formula is C16H26FNO2. The fourth-order valence-electron chi connectivity index (χ4n) is 1.92. The summed E-state index contributed by atoms with van der Waals surface area (Å²) in [5.41, 5.74) is 0.982. The molecule has 1 rings (SSSR count). The van der Waals surface area contributed by atoms with Crippen LogP contribution in [0.1, 0.15) is 45.2 Å². The Morgan fingerprint density at radius 1 is 1.15 bits per heavy atom. The number of nitrogens with one attached hydrogen (secondary N) is 1. The summed E-state index contributed by atoms with van der Waals surface area (Å²) in [5.74, 6) is 0.321. The average Bonchev–Trinajstić information content (AvgIpc) is 2.44. The zero-order chi connectivity index (χ0) is 14.8. The Bertz CT molecular complexity index is 385. The molecule has 114 valence electrons. The van der Waals surface area contributed by atoms with Crippen molar-refractivity contribution in [3.05, 3.63) is 29.6 Å². The van der Waals surface area contributed by atoms with Crippen LogP contribution in [0.2, 0.25) is 0 Å². The molecule has 1 atom stereocenters. The van der Waals surface area contributed by atoms with Crippen LogP contribution in [0.4, 0.5) is 4.39 Å². The first-order valence-electron chi connectivity index (χ1n) is 7.42. The van der Waals surface area contributed by atoms with Crippen molar-refractivity contribution in [2.24, 2.45) is 0 Å². The summed E-state index contributed by atoms with van der Waals surface area (Å²) < 4.78 is 24.4. The Labute approximate surface area is 121 Å². The molecule has 0 radical (unpaired) electrons. The number of ether oxygens (including phenoxy) is 2. The summed E-state index contributed by atoms with van der Waals surface area (Å²) >= 11 is 0. The second-order valence-electron chi connectivity index (χ2n) is 4.82. The van der Waals surface area contributed by atoms with Crippen molar-refractivity contribution in [2.75, 3.05) is 26.4 Å². The summed E-state index contributed by atoms with van der Waals surface area (Å²) in [7, 11) is 0. The minimum atomic E-state index is -0.277. The highest BCUT2D eigenvalue weighted by Gasteiger charge is 2.12. The predicted octanol–water partition coefficient (Wildman–Crippen LogP) is 3.69. The van der Waals surface area contributed by atoms with Crippen molar-refractivity contribution < 1.29 is 13.9 Å². The van der Waals surface area contributed by atoms with E-state index in [0.717, 1.165) is 31.6 Å². The minimum absolute atomic E-state index is 0.141. The van der Waals surface area contributed by atoms with E-state index >= 15 is 0 Å². The molecule has 0 aliphatic carbocycles. The van der Waals surface area contributed by atoms with E-state index in [2.05, 4.69) is 26.1 Å². The smallest absolute Gasteiger partial charge is 0.127 e. The van der Waals surface area contributed by atoms with E-state index in [1.54, 1.807) is 6.07 Å². The van der Waals surface area contributed by atoms with Gasteiger partial charge < -0.3 is 14.8 Å². The first kappa shape index (κ1) is 16.9. The van der Waals surface area contributed by atoms with Crippen LogP contribution in [0.15, 0.2) is 18.2 Å². The third kappa shape index (κ3) is 5.88. The molecule has 20 heavy (non-hydrogen) atoms. The first-order valence-corrected chi connectivity index (χ1v) is 7.42. The Balaban J connectivity index is 2.60. The molecule has 1 unspecified atom stereocenters. The monoisotopic (exact) mass is 283 g/mol. The lowest BCUT2D eigenvalue weighted by Crippen LogP contribution is -2.20. The van der Waals surface area contributed by atoms with Crippen LogP contribution in [0.5, 0.6) is 5.75 Å². The van der Waals surface area contributed by atoms with Gasteiger partial charge in [-0.05, 0) is 32.4 Å². The standard InChI is InChI=1S/C16H26FNO2/c1-4-8-18-13(3)15-7-6-14(17)12-16(15)20-11-10-19-9-5-2/h6-7,12-13,18H,4-5,8-11H2,1-3H3. The van der Waals surface area contributed by atoms with Crippen LogP contribution in [-0.2, 0) is 4.74 Å². The number of halogens is 1. The zero-order valence-electron chi connectivity index (χ0n) is 12.7. The Morgan fingerprint density at radius 2 is 1.95 bits per heavy atom. The molecule has 0 amide bonds. The SMILES string of the molecule is CCCNC(C)c1ccc(F)cc1OCCOCCC. The average molecular weight is 283 g/mol. The van der Waals surface area contributed by atoms with E-state index in [1.807, 2.05) is 0 Å². The molecule has 0 spiro atoms. The predicted molar refractivity (Wildman–Crippen MR) is 79.7 cm³/mol. The number of benzene rings is 1. The summed E-state index contributed by atoms with van der Waals surface area (Å²) in [6, 6.07) is 4.84. The Hall–Kier alpha value is -1.13. The molecule has 0 bridgehead atoms. The lowest BCUT2D eigenvalue weighted by atomic mass is 10.1. The van der Waals surface area contributed by atoms with Gasteiger partial charge in [0.1, 0.15) is 18.2 Å². The Morgan fingerprint density at radius 3 is 2.65 bits per heavy atom. The van der Waals surface area contributed by atoms with Gasteiger partial charge in [-0.15, -0.1) is 0 Å². The molecule has 0 saturated carbocycles. The van der Waals surface area contributed by atoms with Gasteiger partial charge >= 0.3 is 0 Å². The van der Waals surface area contributed by atoms with Gasteiger partial charge in [0.2, 0.25) is 0 Å². The number of hydrogen-bond donors (Lipinski definition) is 1. The van der Waals surface area contributed by atoms with Gasteiger partial charge in [-0.1, -0.05) is 19.9 Å². The van der Waals surface area contributed by atoms with E-state index in [4.69, 9.17) is 9.47 Å². The van der Waals surface area contributed by atoms with E-state index in [9.17, 15) is 4.39 Å². The van der Waals surface area contributed by atoms with E-state index in [-0.39, 0.29) is 11.9 Å². The third-order valence-electron chi connectivity index (χ3n) is 2.98. The summed E-state index contributed by atoms with van der Waals surface area (Å²) in [4.78, 5) is 0. The van der Waals surface area contributed by atoms with Crippen molar-refractivity contribution in [2.45, 2.75) is 39.7 Å². The highest BCUT2D eigenvalue weighted by Crippen LogP contribution is 2.26. The number of rotatable bonds is 10.